The molecule has 0 unspecified atom stereocenters. The lowest BCUT2D eigenvalue weighted by Crippen LogP contribution is -2.46. The van der Waals surface area contributed by atoms with Gasteiger partial charge in [0.15, 0.2) is 0 Å². The van der Waals surface area contributed by atoms with E-state index in [9.17, 15) is 39.5 Å². The fourth-order valence-electron chi connectivity index (χ4n) is 3.81. The topological polar surface area (TPSA) is 197 Å². The number of fused-ring (bicyclic) bond motifs is 1. The zero-order chi connectivity index (χ0) is 37.9. The van der Waals surface area contributed by atoms with Crippen LogP contribution in [0.1, 0.15) is 5.56 Å². The van der Waals surface area contributed by atoms with Gasteiger partial charge in [-0.1, -0.05) is 6.07 Å². The number of aromatic amines is 1. The molecule has 268 valence electrons. The van der Waals surface area contributed by atoms with E-state index in [4.69, 9.17) is 35.0 Å². The summed E-state index contributed by atoms with van der Waals surface area (Å²) in [5, 5.41) is 38.3. The molecule has 13 nitrogen and oxygen atoms in total. The molecule has 4 aromatic rings. The second-order valence-electron chi connectivity index (χ2n) is 9.46. The van der Waals surface area contributed by atoms with Crippen molar-refractivity contribution < 1.29 is 69.2 Å². The predicted octanol–water partition coefficient (Wildman–Crippen LogP) is 5.12. The van der Waals surface area contributed by atoms with Crippen molar-refractivity contribution in [3.05, 3.63) is 66.7 Å². The quantitative estimate of drug-likeness (QED) is 0.204. The Hall–Kier alpha value is -6.14. The first-order valence-corrected chi connectivity index (χ1v) is 13.3. The number of hydrogen-bond acceptors (Lipinski definition) is 9. The Balaban J connectivity index is 0.000000338. The van der Waals surface area contributed by atoms with Crippen molar-refractivity contribution in [2.24, 2.45) is 0 Å². The van der Waals surface area contributed by atoms with Crippen molar-refractivity contribution in [2.75, 3.05) is 36.0 Å². The SMILES string of the molecule is N#Cc1ccc(N2CCN(c3ncnc4ccc(-c5cn[nH]c5)cc34)CC2)cc1.O=C(O)C(F)(F)F.O=C(O)C(F)(F)F.O=C(O)C(F)(F)F. The van der Waals surface area contributed by atoms with E-state index in [2.05, 4.69) is 48.2 Å². The number of piperazine rings is 1. The molecule has 0 aliphatic carbocycles. The number of halogens is 9. The number of carboxylic acid groups (broad SMARTS) is 3. The summed E-state index contributed by atoms with van der Waals surface area (Å²) in [5.74, 6) is -7.30. The fourth-order valence-corrected chi connectivity index (χ4v) is 3.81. The summed E-state index contributed by atoms with van der Waals surface area (Å²) in [6, 6.07) is 16.2. The average Bonchev–Trinajstić information content (AvgIpc) is 3.59. The number of aromatic nitrogens is 4. The minimum atomic E-state index is -5.08. The van der Waals surface area contributed by atoms with Gasteiger partial charge in [0.05, 0.1) is 23.3 Å². The molecule has 2 aromatic carbocycles. The van der Waals surface area contributed by atoms with Crippen molar-refractivity contribution in [2.45, 2.75) is 18.5 Å². The van der Waals surface area contributed by atoms with E-state index < -0.39 is 36.4 Å². The van der Waals surface area contributed by atoms with Crippen LogP contribution < -0.4 is 9.80 Å². The molecule has 4 N–H and O–H groups in total. The van der Waals surface area contributed by atoms with Crippen molar-refractivity contribution in [1.29, 1.82) is 5.26 Å². The number of hydrogen-bond donors (Lipinski definition) is 4. The van der Waals surface area contributed by atoms with Gasteiger partial charge in [0.2, 0.25) is 0 Å². The smallest absolute Gasteiger partial charge is 0.475 e. The molecule has 0 atom stereocenters. The molecule has 22 heteroatoms. The first-order valence-electron chi connectivity index (χ1n) is 13.3. The number of nitrogens with one attached hydrogen (secondary N) is 1. The highest BCUT2D eigenvalue weighted by Gasteiger charge is 2.39. The third-order valence-corrected chi connectivity index (χ3v) is 6.11. The lowest BCUT2D eigenvalue weighted by molar-refractivity contribution is -0.193. The molecule has 5 rings (SSSR count). The second kappa shape index (κ2) is 16.8. The normalized spacial score (nSPS) is 13.0. The second-order valence-corrected chi connectivity index (χ2v) is 9.46. The molecule has 1 aliphatic heterocycles. The van der Waals surface area contributed by atoms with Crippen LogP contribution in [0.5, 0.6) is 0 Å². The summed E-state index contributed by atoms with van der Waals surface area (Å²) in [7, 11) is 0. The number of alkyl halides is 9. The molecule has 1 aliphatic rings. The summed E-state index contributed by atoms with van der Waals surface area (Å²) in [5.41, 5.74) is 4.93. The zero-order valence-corrected chi connectivity index (χ0v) is 24.8. The Morgan fingerprint density at radius 3 is 1.62 bits per heavy atom. The predicted molar refractivity (Wildman–Crippen MR) is 154 cm³/mol. The number of carbonyl (C=O) groups is 3. The highest BCUT2D eigenvalue weighted by atomic mass is 19.4. The van der Waals surface area contributed by atoms with Gasteiger partial charge in [-0.15, -0.1) is 0 Å². The highest BCUT2D eigenvalue weighted by molar-refractivity contribution is 5.93. The molecule has 0 spiro atoms. The van der Waals surface area contributed by atoms with Crippen LogP contribution in [-0.2, 0) is 14.4 Å². The maximum Gasteiger partial charge on any atom is 0.490 e. The van der Waals surface area contributed by atoms with Crippen molar-refractivity contribution in [3.63, 3.8) is 0 Å². The van der Waals surface area contributed by atoms with Gasteiger partial charge in [0, 0.05) is 49.0 Å². The van der Waals surface area contributed by atoms with Gasteiger partial charge in [0.1, 0.15) is 12.1 Å². The standard InChI is InChI=1S/C22H19N7.3C2HF3O2/c23-12-16-1-4-19(5-2-16)28-7-9-29(10-8-28)22-20-11-17(18-13-26-27-14-18)3-6-21(20)24-15-25-22;3*3-2(4,5)1(6)7/h1-6,11,13-15H,7-10H2,(H,26,27);3*(H,6,7). The van der Waals surface area contributed by atoms with Crippen LogP contribution in [0.3, 0.4) is 0 Å². The van der Waals surface area contributed by atoms with Gasteiger partial charge in [-0.2, -0.15) is 49.9 Å². The number of benzene rings is 2. The number of nitrogens with zero attached hydrogens (tertiary/aromatic N) is 6. The van der Waals surface area contributed by atoms with E-state index in [0.29, 0.717) is 5.56 Å². The van der Waals surface area contributed by atoms with Crippen LogP contribution in [0.2, 0.25) is 0 Å². The van der Waals surface area contributed by atoms with Crippen LogP contribution in [0.15, 0.2) is 61.2 Å². The monoisotopic (exact) mass is 723 g/mol. The van der Waals surface area contributed by atoms with E-state index in [0.717, 1.165) is 59.7 Å². The van der Waals surface area contributed by atoms with Crippen LogP contribution in [-0.4, -0.2) is 98.1 Å². The van der Waals surface area contributed by atoms with Gasteiger partial charge < -0.3 is 25.1 Å². The van der Waals surface area contributed by atoms with Crippen molar-refractivity contribution >= 4 is 40.3 Å². The summed E-state index contributed by atoms with van der Waals surface area (Å²) >= 11 is 0. The van der Waals surface area contributed by atoms with Crippen molar-refractivity contribution in [1.82, 2.24) is 20.2 Å². The molecule has 1 saturated heterocycles. The maximum atomic E-state index is 10.6. The van der Waals surface area contributed by atoms with Gasteiger partial charge in [-0.25, -0.2) is 24.4 Å². The molecule has 0 saturated carbocycles. The molecular formula is C28H22F9N7O6. The summed E-state index contributed by atoms with van der Waals surface area (Å²) in [4.78, 5) is 40.4. The highest BCUT2D eigenvalue weighted by Crippen LogP contribution is 2.29. The minimum absolute atomic E-state index is 0.688. The van der Waals surface area contributed by atoms with E-state index in [-0.39, 0.29) is 0 Å². The summed E-state index contributed by atoms with van der Waals surface area (Å²) < 4.78 is 95.2. The Labute approximate surface area is 273 Å². The summed E-state index contributed by atoms with van der Waals surface area (Å²) in [6.45, 7) is 3.56. The van der Waals surface area contributed by atoms with E-state index >= 15 is 0 Å². The summed E-state index contributed by atoms with van der Waals surface area (Å²) in [6.07, 6.45) is -9.90. The van der Waals surface area contributed by atoms with Gasteiger partial charge >= 0.3 is 36.4 Å². The van der Waals surface area contributed by atoms with Gasteiger partial charge in [-0.3, -0.25) is 5.10 Å². The third kappa shape index (κ3) is 12.1. The number of rotatable bonds is 3. The third-order valence-electron chi connectivity index (χ3n) is 6.11. The zero-order valence-electron chi connectivity index (χ0n) is 24.8. The Morgan fingerprint density at radius 1 is 0.720 bits per heavy atom. The number of H-pyrrole nitrogens is 1. The Kier molecular flexibility index (Phi) is 13.5. The first kappa shape index (κ1) is 40.0. The number of nitriles is 1. The van der Waals surface area contributed by atoms with Crippen LogP contribution in [0, 0.1) is 11.3 Å². The van der Waals surface area contributed by atoms with Crippen LogP contribution >= 0.6 is 0 Å². The molecule has 0 radical (unpaired) electrons. The lowest BCUT2D eigenvalue weighted by Gasteiger charge is -2.37. The van der Waals surface area contributed by atoms with E-state index in [1.807, 2.05) is 42.7 Å². The molecule has 0 amide bonds. The van der Waals surface area contributed by atoms with Crippen molar-refractivity contribution in [3.8, 4) is 17.2 Å². The van der Waals surface area contributed by atoms with Gasteiger partial charge in [0.25, 0.3) is 0 Å². The Morgan fingerprint density at radius 2 is 1.20 bits per heavy atom. The van der Waals surface area contributed by atoms with Crippen LogP contribution in [0.4, 0.5) is 51.0 Å². The molecule has 3 heterocycles. The largest absolute Gasteiger partial charge is 0.490 e. The minimum Gasteiger partial charge on any atom is -0.475 e. The molecule has 1 fully saturated rings. The van der Waals surface area contributed by atoms with Crippen LogP contribution in [0.25, 0.3) is 22.0 Å². The number of aliphatic carboxylic acids is 3. The molecule has 50 heavy (non-hydrogen) atoms. The molecule has 0 bridgehead atoms. The van der Waals surface area contributed by atoms with E-state index in [1.54, 1.807) is 6.33 Å². The number of anilines is 2. The van der Waals surface area contributed by atoms with Gasteiger partial charge in [-0.05, 0) is 42.0 Å². The number of carboxylic acids is 3. The molecular weight excluding hydrogens is 701 g/mol. The average molecular weight is 724 g/mol. The molecule has 2 aromatic heterocycles. The Bertz CT molecular complexity index is 1730. The fraction of sp³-hybridized carbons (Fsp3) is 0.250. The maximum absolute atomic E-state index is 10.6. The lowest BCUT2D eigenvalue weighted by atomic mass is 10.1. The first-order chi connectivity index (χ1) is 23.1. The van der Waals surface area contributed by atoms with E-state index in [1.165, 1.54) is 0 Å².